The maximum Gasteiger partial charge on any atom is 0.394 e. The third-order valence-corrected chi connectivity index (χ3v) is 4.51. The lowest BCUT2D eigenvalue weighted by Crippen LogP contribution is -2.45. The van der Waals surface area contributed by atoms with Gasteiger partial charge in [-0.2, -0.15) is 23.6 Å². The highest BCUT2D eigenvalue weighted by Gasteiger charge is 2.45. The molecule has 0 spiro atoms. The molecule has 10 heteroatoms. The van der Waals surface area contributed by atoms with Crippen molar-refractivity contribution in [2.75, 3.05) is 5.32 Å². The summed E-state index contributed by atoms with van der Waals surface area (Å²) >= 11 is 0. The van der Waals surface area contributed by atoms with E-state index in [9.17, 15) is 18.0 Å². The standard InChI is InChI=1S/C20H18F3N5O2/c1-19(11-20(21,22)23)28-27-18(30-19)26-16-17(29)24-14-10-6-5-9-13(14)15(25-16)12-7-3-2-4-8-12/h2-10,16,28H,11H2,1H3,(H,24,29)(H,26,27). The monoisotopic (exact) mass is 417 g/mol. The van der Waals surface area contributed by atoms with Crippen LogP contribution in [0, 0.1) is 0 Å². The molecule has 1 amide bonds. The molecule has 4 rings (SSSR count). The van der Waals surface area contributed by atoms with Gasteiger partial charge in [0, 0.05) is 11.1 Å². The highest BCUT2D eigenvalue weighted by Crippen LogP contribution is 2.30. The number of nitrogens with one attached hydrogen (secondary N) is 3. The molecule has 2 unspecified atom stereocenters. The number of hydrazine groups is 1. The topological polar surface area (TPSA) is 87.1 Å². The van der Waals surface area contributed by atoms with Crippen LogP contribution in [-0.4, -0.2) is 35.7 Å². The number of benzene rings is 2. The van der Waals surface area contributed by atoms with E-state index in [1.807, 2.05) is 42.5 Å². The summed E-state index contributed by atoms with van der Waals surface area (Å²) in [5.41, 5.74) is 5.71. The smallest absolute Gasteiger partial charge is 0.394 e. The second kappa shape index (κ2) is 7.45. The molecule has 7 nitrogen and oxygen atoms in total. The van der Waals surface area contributed by atoms with Crippen LogP contribution >= 0.6 is 0 Å². The fourth-order valence-corrected chi connectivity index (χ4v) is 3.24. The highest BCUT2D eigenvalue weighted by atomic mass is 19.4. The van der Waals surface area contributed by atoms with E-state index in [0.29, 0.717) is 17.0 Å². The minimum Gasteiger partial charge on any atom is -0.441 e. The van der Waals surface area contributed by atoms with Gasteiger partial charge in [-0.1, -0.05) is 48.5 Å². The van der Waals surface area contributed by atoms with Gasteiger partial charge in [0.15, 0.2) is 5.72 Å². The molecule has 30 heavy (non-hydrogen) atoms. The third kappa shape index (κ3) is 4.28. The molecule has 2 aromatic carbocycles. The number of halogens is 3. The Morgan fingerprint density at radius 1 is 1.13 bits per heavy atom. The number of alkyl halides is 3. The SMILES string of the molecule is CC1(CC(F)(F)F)NNC(=NC2N=C(c3ccccc3)c3ccccc3NC2=O)O1. The number of benzodiazepines with no additional fused rings is 1. The number of carbonyl (C=O) groups excluding carboxylic acids is 1. The maximum atomic E-state index is 12.8. The van der Waals surface area contributed by atoms with Crippen LogP contribution in [0.2, 0.25) is 0 Å². The Labute approximate surface area is 170 Å². The first-order valence-corrected chi connectivity index (χ1v) is 9.13. The Hall–Kier alpha value is -3.40. The Balaban J connectivity index is 1.69. The van der Waals surface area contributed by atoms with Crippen LogP contribution in [0.1, 0.15) is 24.5 Å². The van der Waals surface area contributed by atoms with Gasteiger partial charge in [-0.25, -0.2) is 4.99 Å². The van der Waals surface area contributed by atoms with Crippen LogP contribution in [0.25, 0.3) is 0 Å². The van der Waals surface area contributed by atoms with Crippen molar-refractivity contribution < 1.29 is 22.7 Å². The summed E-state index contributed by atoms with van der Waals surface area (Å²) < 4.78 is 43.6. The largest absolute Gasteiger partial charge is 0.441 e. The Bertz CT molecular complexity index is 1020. The van der Waals surface area contributed by atoms with Gasteiger partial charge in [0.1, 0.15) is 0 Å². The van der Waals surface area contributed by atoms with Crippen LogP contribution < -0.4 is 16.2 Å². The van der Waals surface area contributed by atoms with Crippen LogP contribution in [0.5, 0.6) is 0 Å². The molecule has 1 saturated heterocycles. The predicted octanol–water partition coefficient (Wildman–Crippen LogP) is 2.95. The lowest BCUT2D eigenvalue weighted by Gasteiger charge is -2.22. The van der Waals surface area contributed by atoms with E-state index in [-0.39, 0.29) is 6.02 Å². The van der Waals surface area contributed by atoms with E-state index < -0.39 is 30.4 Å². The van der Waals surface area contributed by atoms with Crippen molar-refractivity contribution in [2.24, 2.45) is 9.98 Å². The molecule has 2 atom stereocenters. The number of rotatable bonds is 3. The number of hydrogen-bond donors (Lipinski definition) is 3. The lowest BCUT2D eigenvalue weighted by molar-refractivity contribution is -0.170. The normalized spacial score (nSPS) is 24.9. The number of fused-ring (bicyclic) bond motifs is 1. The van der Waals surface area contributed by atoms with Gasteiger partial charge < -0.3 is 10.1 Å². The summed E-state index contributed by atoms with van der Waals surface area (Å²) in [5.74, 6) is -0.532. The van der Waals surface area contributed by atoms with Crippen molar-refractivity contribution in [3.05, 3.63) is 65.7 Å². The van der Waals surface area contributed by atoms with Crippen molar-refractivity contribution in [1.29, 1.82) is 0 Å². The van der Waals surface area contributed by atoms with E-state index in [1.54, 1.807) is 12.1 Å². The Morgan fingerprint density at radius 2 is 1.83 bits per heavy atom. The van der Waals surface area contributed by atoms with Gasteiger partial charge >= 0.3 is 12.2 Å². The summed E-state index contributed by atoms with van der Waals surface area (Å²) in [7, 11) is 0. The molecule has 0 radical (unpaired) electrons. The number of amides is 1. The number of aliphatic imine (C=N–C) groups is 2. The maximum absolute atomic E-state index is 12.8. The zero-order chi connectivity index (χ0) is 21.4. The first-order chi connectivity index (χ1) is 14.2. The minimum atomic E-state index is -4.45. The van der Waals surface area contributed by atoms with E-state index in [1.165, 1.54) is 6.92 Å². The van der Waals surface area contributed by atoms with Gasteiger partial charge in [-0.05, 0) is 13.0 Å². The predicted molar refractivity (Wildman–Crippen MR) is 105 cm³/mol. The van der Waals surface area contributed by atoms with Gasteiger partial charge in [-0.15, -0.1) is 0 Å². The zero-order valence-corrected chi connectivity index (χ0v) is 15.8. The number of ether oxygens (including phenoxy) is 1. The molecule has 0 bridgehead atoms. The number of nitrogens with zero attached hydrogens (tertiary/aromatic N) is 2. The zero-order valence-electron chi connectivity index (χ0n) is 15.8. The van der Waals surface area contributed by atoms with E-state index in [4.69, 9.17) is 4.74 Å². The molecule has 0 aliphatic carbocycles. The molecule has 0 aromatic heterocycles. The molecule has 2 aliphatic heterocycles. The summed E-state index contributed by atoms with van der Waals surface area (Å²) in [5, 5.41) is 2.76. The van der Waals surface area contributed by atoms with Gasteiger partial charge in [0.05, 0.1) is 17.8 Å². The van der Waals surface area contributed by atoms with Crippen molar-refractivity contribution >= 4 is 23.3 Å². The summed E-state index contributed by atoms with van der Waals surface area (Å²) in [4.78, 5) is 21.3. The second-order valence-electron chi connectivity index (χ2n) is 7.06. The molecule has 1 fully saturated rings. The number of carbonyl (C=O) groups is 1. The molecular formula is C20H18F3N5O2. The molecule has 3 N–H and O–H groups in total. The van der Waals surface area contributed by atoms with Crippen LogP contribution in [-0.2, 0) is 9.53 Å². The van der Waals surface area contributed by atoms with Crippen molar-refractivity contribution in [1.82, 2.24) is 10.9 Å². The Morgan fingerprint density at radius 3 is 2.57 bits per heavy atom. The lowest BCUT2D eigenvalue weighted by atomic mass is 10.0. The highest BCUT2D eigenvalue weighted by molar-refractivity contribution is 6.19. The first-order valence-electron chi connectivity index (χ1n) is 9.13. The molecule has 2 heterocycles. The fraction of sp³-hybridized carbons (Fsp3) is 0.250. The van der Waals surface area contributed by atoms with Crippen molar-refractivity contribution in [3.8, 4) is 0 Å². The van der Waals surface area contributed by atoms with Crippen LogP contribution in [0.3, 0.4) is 0 Å². The van der Waals surface area contributed by atoms with E-state index in [0.717, 1.165) is 5.56 Å². The number of para-hydroxylation sites is 1. The van der Waals surface area contributed by atoms with Crippen LogP contribution in [0.15, 0.2) is 64.6 Å². The van der Waals surface area contributed by atoms with Gasteiger partial charge in [-0.3, -0.25) is 10.2 Å². The third-order valence-electron chi connectivity index (χ3n) is 4.51. The number of anilines is 1. The molecule has 0 saturated carbocycles. The van der Waals surface area contributed by atoms with Crippen molar-refractivity contribution in [3.63, 3.8) is 0 Å². The van der Waals surface area contributed by atoms with Gasteiger partial charge in [0.25, 0.3) is 5.91 Å². The minimum absolute atomic E-state index is 0.246. The average Bonchev–Trinajstić information content (AvgIpc) is 2.97. The fourth-order valence-electron chi connectivity index (χ4n) is 3.24. The number of hydrogen-bond acceptors (Lipinski definition) is 5. The average molecular weight is 417 g/mol. The van der Waals surface area contributed by atoms with Gasteiger partial charge in [0.2, 0.25) is 6.17 Å². The summed E-state index contributed by atoms with van der Waals surface area (Å²) in [6.07, 6.45) is -6.95. The second-order valence-corrected chi connectivity index (χ2v) is 7.06. The molecule has 2 aromatic rings. The molecule has 156 valence electrons. The van der Waals surface area contributed by atoms with E-state index in [2.05, 4.69) is 26.2 Å². The van der Waals surface area contributed by atoms with E-state index >= 15 is 0 Å². The quantitative estimate of drug-likeness (QED) is 0.717. The Kier molecular flexibility index (Phi) is 4.94. The number of amidine groups is 1. The molecular weight excluding hydrogens is 399 g/mol. The van der Waals surface area contributed by atoms with Crippen molar-refractivity contribution in [2.45, 2.75) is 31.4 Å². The summed E-state index contributed by atoms with van der Waals surface area (Å²) in [6.45, 7) is 1.23. The molecule has 2 aliphatic rings. The van der Waals surface area contributed by atoms with Crippen LogP contribution in [0.4, 0.5) is 18.9 Å². The first kappa shape index (κ1) is 19.9. The summed E-state index contributed by atoms with van der Waals surface area (Å²) in [6, 6.07) is 16.2.